The van der Waals surface area contributed by atoms with Crippen LogP contribution in [-0.2, 0) is 0 Å². The summed E-state index contributed by atoms with van der Waals surface area (Å²) < 4.78 is 1.05. The van der Waals surface area contributed by atoms with E-state index < -0.39 is 0 Å². The first-order valence-electron chi connectivity index (χ1n) is 5.78. The molecule has 0 bridgehead atoms. The molecule has 0 amide bonds. The van der Waals surface area contributed by atoms with Gasteiger partial charge in [-0.3, -0.25) is 0 Å². The average molecular weight is 299 g/mol. The molecule has 2 nitrogen and oxygen atoms in total. The van der Waals surface area contributed by atoms with E-state index in [4.69, 9.17) is 17.3 Å². The van der Waals surface area contributed by atoms with Crippen molar-refractivity contribution in [2.24, 2.45) is 5.73 Å². The standard InChI is InChI=1S/C13H15ClN2S2/c1-2-11(15)12(18-13-16-6-7-17-13)9-4-3-5-10(14)8-9/h3-8,11-12H,2,15H2,1H3. The second kappa shape index (κ2) is 6.57. The lowest BCUT2D eigenvalue weighted by molar-refractivity contribution is 0.634. The van der Waals surface area contributed by atoms with Crippen LogP contribution >= 0.6 is 34.7 Å². The molecule has 0 fully saturated rings. The van der Waals surface area contributed by atoms with Gasteiger partial charge in [0.25, 0.3) is 0 Å². The Morgan fingerprint density at radius 2 is 2.33 bits per heavy atom. The number of thiazole rings is 1. The topological polar surface area (TPSA) is 38.9 Å². The Morgan fingerprint density at radius 3 is 2.94 bits per heavy atom. The molecule has 1 aromatic heterocycles. The van der Waals surface area contributed by atoms with Gasteiger partial charge in [0, 0.05) is 22.6 Å². The zero-order valence-electron chi connectivity index (χ0n) is 10.0. The van der Waals surface area contributed by atoms with Crippen LogP contribution < -0.4 is 5.73 Å². The molecule has 0 radical (unpaired) electrons. The first kappa shape index (κ1) is 13.9. The molecule has 1 heterocycles. The Bertz CT molecular complexity index is 487. The van der Waals surface area contributed by atoms with E-state index in [0.29, 0.717) is 0 Å². The third-order valence-electron chi connectivity index (χ3n) is 2.67. The van der Waals surface area contributed by atoms with E-state index in [9.17, 15) is 0 Å². The van der Waals surface area contributed by atoms with E-state index in [1.165, 1.54) is 0 Å². The number of thioether (sulfide) groups is 1. The maximum atomic E-state index is 6.23. The zero-order valence-corrected chi connectivity index (χ0v) is 12.4. The number of halogens is 1. The molecular weight excluding hydrogens is 284 g/mol. The van der Waals surface area contributed by atoms with Crippen molar-refractivity contribution in [1.29, 1.82) is 0 Å². The van der Waals surface area contributed by atoms with Gasteiger partial charge in [0.15, 0.2) is 0 Å². The minimum atomic E-state index is 0.0948. The predicted octanol–water partition coefficient (Wildman–Crippen LogP) is 4.37. The van der Waals surface area contributed by atoms with Gasteiger partial charge in [-0.15, -0.1) is 11.3 Å². The monoisotopic (exact) mass is 298 g/mol. The SMILES string of the molecule is CCC(N)C(Sc1nccs1)c1cccc(Cl)c1. The number of nitrogens with zero attached hydrogens (tertiary/aromatic N) is 1. The van der Waals surface area contributed by atoms with Crippen LogP contribution in [0, 0.1) is 0 Å². The van der Waals surface area contributed by atoms with E-state index in [2.05, 4.69) is 18.0 Å². The fraction of sp³-hybridized carbons (Fsp3) is 0.308. The molecule has 0 aliphatic carbocycles. The Labute approximate surface area is 121 Å². The van der Waals surface area contributed by atoms with Crippen molar-refractivity contribution in [1.82, 2.24) is 4.98 Å². The van der Waals surface area contributed by atoms with Crippen molar-refractivity contribution >= 4 is 34.7 Å². The number of benzene rings is 1. The Balaban J connectivity index is 2.25. The largest absolute Gasteiger partial charge is 0.326 e. The maximum Gasteiger partial charge on any atom is 0.150 e. The normalized spacial score (nSPS) is 14.4. The Hall–Kier alpha value is -0.550. The third-order valence-corrected chi connectivity index (χ3v) is 5.23. The van der Waals surface area contributed by atoms with Crippen LogP contribution in [0.5, 0.6) is 0 Å². The number of hydrogen-bond donors (Lipinski definition) is 1. The first-order valence-corrected chi connectivity index (χ1v) is 7.91. The number of nitrogens with two attached hydrogens (primary N) is 1. The minimum absolute atomic E-state index is 0.0948. The Kier molecular flexibility index (Phi) is 5.06. The van der Waals surface area contributed by atoms with Gasteiger partial charge in [0.2, 0.25) is 0 Å². The van der Waals surface area contributed by atoms with E-state index >= 15 is 0 Å². The quantitative estimate of drug-likeness (QED) is 0.833. The molecule has 5 heteroatoms. The van der Waals surface area contributed by atoms with Crippen LogP contribution in [-0.4, -0.2) is 11.0 Å². The molecule has 0 aliphatic rings. The number of hydrogen-bond acceptors (Lipinski definition) is 4. The molecule has 2 N–H and O–H groups in total. The molecule has 1 aromatic carbocycles. The molecular formula is C13H15ClN2S2. The van der Waals surface area contributed by atoms with Gasteiger partial charge >= 0.3 is 0 Å². The fourth-order valence-electron chi connectivity index (χ4n) is 1.68. The summed E-state index contributed by atoms with van der Waals surface area (Å²) in [4.78, 5) is 4.31. The van der Waals surface area contributed by atoms with Gasteiger partial charge in [-0.25, -0.2) is 4.98 Å². The molecule has 18 heavy (non-hydrogen) atoms. The summed E-state index contributed by atoms with van der Waals surface area (Å²) in [6.45, 7) is 2.10. The third kappa shape index (κ3) is 3.48. The van der Waals surface area contributed by atoms with Crippen molar-refractivity contribution in [3.05, 3.63) is 46.4 Å². The highest BCUT2D eigenvalue weighted by atomic mass is 35.5. The molecule has 0 saturated carbocycles. The molecule has 0 saturated heterocycles. The van der Waals surface area contributed by atoms with Crippen LogP contribution in [0.15, 0.2) is 40.2 Å². The maximum absolute atomic E-state index is 6.23. The smallest absolute Gasteiger partial charge is 0.150 e. The number of aromatic nitrogens is 1. The van der Waals surface area contributed by atoms with Crippen LogP contribution in [0.1, 0.15) is 24.2 Å². The van der Waals surface area contributed by atoms with E-state index in [1.807, 2.05) is 29.8 Å². The summed E-state index contributed by atoms with van der Waals surface area (Å²) in [5, 5.41) is 2.93. The summed E-state index contributed by atoms with van der Waals surface area (Å²) >= 11 is 9.41. The first-order chi connectivity index (χ1) is 8.70. The summed E-state index contributed by atoms with van der Waals surface area (Å²) in [5.41, 5.74) is 7.39. The lowest BCUT2D eigenvalue weighted by atomic mass is 10.0. The summed E-state index contributed by atoms with van der Waals surface area (Å²) in [6.07, 6.45) is 2.75. The molecule has 96 valence electrons. The van der Waals surface area contributed by atoms with Crippen molar-refractivity contribution in [3.63, 3.8) is 0 Å². The van der Waals surface area contributed by atoms with Gasteiger partial charge in [-0.1, -0.05) is 42.4 Å². The van der Waals surface area contributed by atoms with Crippen molar-refractivity contribution in [2.75, 3.05) is 0 Å². The molecule has 2 aromatic rings. The van der Waals surface area contributed by atoms with Gasteiger partial charge in [-0.2, -0.15) is 0 Å². The molecule has 2 rings (SSSR count). The van der Waals surface area contributed by atoms with E-state index in [0.717, 1.165) is 21.3 Å². The molecule has 0 aliphatic heterocycles. The second-order valence-electron chi connectivity index (χ2n) is 3.96. The summed E-state index contributed by atoms with van der Waals surface area (Å²) in [7, 11) is 0. The molecule has 0 spiro atoms. The van der Waals surface area contributed by atoms with E-state index in [-0.39, 0.29) is 11.3 Å². The highest BCUT2D eigenvalue weighted by Gasteiger charge is 2.21. The highest BCUT2D eigenvalue weighted by Crippen LogP contribution is 2.39. The molecule has 2 atom stereocenters. The lowest BCUT2D eigenvalue weighted by Gasteiger charge is -2.22. The van der Waals surface area contributed by atoms with Crippen LogP contribution in [0.4, 0.5) is 0 Å². The zero-order chi connectivity index (χ0) is 13.0. The van der Waals surface area contributed by atoms with Crippen LogP contribution in [0.25, 0.3) is 0 Å². The molecule has 2 unspecified atom stereocenters. The van der Waals surface area contributed by atoms with Crippen molar-refractivity contribution < 1.29 is 0 Å². The average Bonchev–Trinajstić information content (AvgIpc) is 2.88. The van der Waals surface area contributed by atoms with Gasteiger partial charge in [0.1, 0.15) is 4.34 Å². The summed E-state index contributed by atoms with van der Waals surface area (Å²) in [6, 6.07) is 8.01. The van der Waals surface area contributed by atoms with Crippen molar-refractivity contribution in [3.8, 4) is 0 Å². The Morgan fingerprint density at radius 1 is 1.50 bits per heavy atom. The number of rotatable bonds is 5. The predicted molar refractivity (Wildman–Crippen MR) is 80.4 cm³/mol. The second-order valence-corrected chi connectivity index (χ2v) is 6.68. The van der Waals surface area contributed by atoms with Crippen LogP contribution in [0.3, 0.4) is 0 Å². The summed E-state index contributed by atoms with van der Waals surface area (Å²) in [5.74, 6) is 0. The van der Waals surface area contributed by atoms with Gasteiger partial charge < -0.3 is 5.73 Å². The van der Waals surface area contributed by atoms with Gasteiger partial charge in [-0.05, 0) is 24.1 Å². The highest BCUT2D eigenvalue weighted by molar-refractivity contribution is 8.01. The fourth-order valence-corrected chi connectivity index (χ4v) is 3.92. The van der Waals surface area contributed by atoms with Crippen molar-refractivity contribution in [2.45, 2.75) is 29.0 Å². The lowest BCUT2D eigenvalue weighted by Crippen LogP contribution is -2.25. The minimum Gasteiger partial charge on any atom is -0.326 e. The van der Waals surface area contributed by atoms with Crippen LogP contribution in [0.2, 0.25) is 5.02 Å². The van der Waals surface area contributed by atoms with Gasteiger partial charge in [0.05, 0.1) is 5.25 Å². The van der Waals surface area contributed by atoms with E-state index in [1.54, 1.807) is 23.1 Å².